The van der Waals surface area contributed by atoms with E-state index in [2.05, 4.69) is 18.2 Å². The first-order valence-electron chi connectivity index (χ1n) is 10.6. The number of allylic oxidation sites excluding steroid dienone is 3. The molecule has 0 spiro atoms. The van der Waals surface area contributed by atoms with Crippen molar-refractivity contribution in [3.8, 4) is 17.6 Å². The van der Waals surface area contributed by atoms with Gasteiger partial charge in [0.15, 0.2) is 17.3 Å². The maximum atomic E-state index is 13.6. The van der Waals surface area contributed by atoms with Gasteiger partial charge in [0.25, 0.3) is 0 Å². The molecule has 0 fully saturated rings. The molecule has 0 bridgehead atoms. The van der Waals surface area contributed by atoms with Gasteiger partial charge in [0.1, 0.15) is 5.82 Å². The van der Waals surface area contributed by atoms with Gasteiger partial charge >= 0.3 is 0 Å². The highest BCUT2D eigenvalue weighted by molar-refractivity contribution is 6.00. The number of fused-ring (bicyclic) bond motifs is 1. The Morgan fingerprint density at radius 3 is 2.53 bits per heavy atom. The van der Waals surface area contributed by atoms with Crippen molar-refractivity contribution in [1.82, 2.24) is 10.0 Å². The molecule has 0 unspecified atom stereocenters. The average molecular weight is 428 g/mol. The molecule has 3 aliphatic rings. The zero-order chi connectivity index (χ0) is 22.4. The number of nitrogens with zero attached hydrogens (tertiary/aromatic N) is 3. The smallest absolute Gasteiger partial charge is 0.231 e. The molecule has 32 heavy (non-hydrogen) atoms. The largest absolute Gasteiger partial charge is 0.454 e. The van der Waals surface area contributed by atoms with Crippen LogP contribution in [0.5, 0.6) is 11.5 Å². The third-order valence-corrected chi connectivity index (χ3v) is 6.34. The predicted molar refractivity (Wildman–Crippen MR) is 118 cm³/mol. The van der Waals surface area contributed by atoms with E-state index >= 15 is 0 Å². The maximum absolute atomic E-state index is 13.6. The third-order valence-electron chi connectivity index (χ3n) is 6.34. The van der Waals surface area contributed by atoms with Crippen LogP contribution >= 0.6 is 0 Å². The van der Waals surface area contributed by atoms with Gasteiger partial charge in [-0.15, -0.1) is 0 Å². The Balaban J connectivity index is 1.67. The Kier molecular flexibility index (Phi) is 4.87. The Morgan fingerprint density at radius 1 is 1.06 bits per heavy atom. The van der Waals surface area contributed by atoms with Crippen LogP contribution in [0.1, 0.15) is 35.8 Å². The van der Waals surface area contributed by atoms with E-state index in [4.69, 9.17) is 15.2 Å². The number of nitrogens with two attached hydrogens (primary N) is 1. The third kappa shape index (κ3) is 3.12. The van der Waals surface area contributed by atoms with Gasteiger partial charge in [0, 0.05) is 31.8 Å². The van der Waals surface area contributed by atoms with E-state index < -0.39 is 5.92 Å². The van der Waals surface area contributed by atoms with Crippen molar-refractivity contribution in [3.05, 3.63) is 82.3 Å². The van der Waals surface area contributed by atoms with Gasteiger partial charge < -0.3 is 15.2 Å². The van der Waals surface area contributed by atoms with Crippen molar-refractivity contribution >= 4 is 5.78 Å². The molecule has 2 aromatic rings. The molecule has 2 heterocycles. The number of hydrogen-bond donors (Lipinski definition) is 1. The lowest BCUT2D eigenvalue weighted by molar-refractivity contribution is -0.117. The number of carbonyl (C=O) groups excluding carboxylic acids is 1. The summed E-state index contributed by atoms with van der Waals surface area (Å²) in [5, 5.41) is 13.7. The van der Waals surface area contributed by atoms with E-state index in [0.717, 1.165) is 16.8 Å². The Hall–Kier alpha value is -3.76. The first-order valence-corrected chi connectivity index (χ1v) is 10.6. The highest BCUT2D eigenvalue weighted by atomic mass is 16.7. The van der Waals surface area contributed by atoms with Crippen molar-refractivity contribution < 1.29 is 14.3 Å². The molecule has 0 saturated heterocycles. The second-order valence-electron chi connectivity index (χ2n) is 8.41. The van der Waals surface area contributed by atoms with E-state index in [9.17, 15) is 10.1 Å². The molecule has 0 amide bonds. The van der Waals surface area contributed by atoms with Crippen LogP contribution in [0.4, 0.5) is 0 Å². The van der Waals surface area contributed by atoms with Crippen molar-refractivity contribution in [2.75, 3.05) is 20.9 Å². The van der Waals surface area contributed by atoms with Crippen LogP contribution in [0.3, 0.4) is 0 Å². The fourth-order valence-corrected chi connectivity index (χ4v) is 4.96. The van der Waals surface area contributed by atoms with Gasteiger partial charge in [-0.05, 0) is 35.6 Å². The Labute approximate surface area is 186 Å². The number of ether oxygens (including phenoxy) is 2. The molecule has 2 N–H and O–H groups in total. The minimum atomic E-state index is -0.537. The summed E-state index contributed by atoms with van der Waals surface area (Å²) in [5.74, 6) is 1.17. The van der Waals surface area contributed by atoms with Gasteiger partial charge in [0.2, 0.25) is 6.79 Å². The number of carbonyl (C=O) groups is 1. The lowest BCUT2D eigenvalue weighted by Crippen LogP contribution is -2.46. The molecule has 0 saturated carbocycles. The molecule has 7 heteroatoms. The first kappa shape index (κ1) is 20.2. The lowest BCUT2D eigenvalue weighted by Gasteiger charge is -2.43. The van der Waals surface area contributed by atoms with Crippen molar-refractivity contribution in [3.63, 3.8) is 0 Å². The highest BCUT2D eigenvalue weighted by Crippen LogP contribution is 2.49. The lowest BCUT2D eigenvalue weighted by atomic mass is 9.72. The molecular formula is C25H24N4O3. The topological polar surface area (TPSA) is 91.8 Å². The highest BCUT2D eigenvalue weighted by Gasteiger charge is 2.43. The number of benzene rings is 2. The van der Waals surface area contributed by atoms with Crippen LogP contribution in [-0.2, 0) is 4.79 Å². The molecular weight excluding hydrogens is 404 g/mol. The van der Waals surface area contributed by atoms with Crippen molar-refractivity contribution in [2.45, 2.75) is 24.7 Å². The summed E-state index contributed by atoms with van der Waals surface area (Å²) in [4.78, 5) is 13.6. The first-order chi connectivity index (χ1) is 15.5. The van der Waals surface area contributed by atoms with Crippen LogP contribution in [0.25, 0.3) is 0 Å². The summed E-state index contributed by atoms with van der Waals surface area (Å²) in [6, 6.07) is 17.9. The number of hydrazine groups is 1. The molecule has 7 nitrogen and oxygen atoms in total. The fourth-order valence-electron chi connectivity index (χ4n) is 4.96. The zero-order valence-corrected chi connectivity index (χ0v) is 18.0. The van der Waals surface area contributed by atoms with E-state index in [-0.39, 0.29) is 18.5 Å². The number of ketones is 1. The quantitative estimate of drug-likeness (QED) is 0.801. The van der Waals surface area contributed by atoms with Crippen molar-refractivity contribution in [1.29, 1.82) is 5.26 Å². The van der Waals surface area contributed by atoms with E-state index in [1.165, 1.54) is 0 Å². The minimum Gasteiger partial charge on any atom is -0.454 e. The molecule has 1 aliphatic carbocycles. The standard InChI is InChI=1S/C25H24N4O3/c1-28(2)29-19-10-17(15-6-4-3-5-7-15)11-20(30)24(19)23(18(13-26)25(29)27)16-8-9-21-22(12-16)32-14-31-21/h3-9,12,17,23H,10-11,14,27H2,1-2H3/t17-,23-/m0/s1. The summed E-state index contributed by atoms with van der Waals surface area (Å²) in [5.41, 5.74) is 10.3. The summed E-state index contributed by atoms with van der Waals surface area (Å²) < 4.78 is 11.0. The number of rotatable bonds is 3. The molecule has 2 aromatic carbocycles. The summed E-state index contributed by atoms with van der Waals surface area (Å²) in [7, 11) is 3.73. The minimum absolute atomic E-state index is 0.0369. The second-order valence-corrected chi connectivity index (χ2v) is 8.41. The summed E-state index contributed by atoms with van der Waals surface area (Å²) in [6.07, 6.45) is 1.05. The second kappa shape index (κ2) is 7.74. The molecule has 162 valence electrons. The summed E-state index contributed by atoms with van der Waals surface area (Å²) in [6.45, 7) is 0.159. The number of Topliss-reactive ketones (excluding diaryl/α,β-unsaturated/α-hetero) is 1. The maximum Gasteiger partial charge on any atom is 0.231 e. The van der Waals surface area contributed by atoms with Gasteiger partial charge in [-0.25, -0.2) is 5.01 Å². The number of hydrogen-bond acceptors (Lipinski definition) is 7. The average Bonchev–Trinajstić information content (AvgIpc) is 3.26. The van der Waals surface area contributed by atoms with Gasteiger partial charge in [-0.1, -0.05) is 36.4 Å². The summed E-state index contributed by atoms with van der Waals surface area (Å²) >= 11 is 0. The zero-order valence-electron chi connectivity index (χ0n) is 18.0. The van der Waals surface area contributed by atoms with E-state index in [0.29, 0.717) is 41.3 Å². The van der Waals surface area contributed by atoms with Crippen LogP contribution in [-0.4, -0.2) is 36.7 Å². The molecule has 0 aromatic heterocycles. The van der Waals surface area contributed by atoms with Crippen molar-refractivity contribution in [2.24, 2.45) is 5.73 Å². The van der Waals surface area contributed by atoms with Crippen LogP contribution < -0.4 is 15.2 Å². The van der Waals surface area contributed by atoms with Gasteiger partial charge in [0.05, 0.1) is 17.6 Å². The molecule has 5 rings (SSSR count). The molecule has 0 radical (unpaired) electrons. The number of nitriles is 1. The molecule has 2 aliphatic heterocycles. The van der Waals surface area contributed by atoms with Crippen LogP contribution in [0, 0.1) is 11.3 Å². The normalized spacial score (nSPS) is 22.3. The Morgan fingerprint density at radius 2 is 1.81 bits per heavy atom. The van der Waals surface area contributed by atoms with Gasteiger partial charge in [-0.2, -0.15) is 5.26 Å². The van der Waals surface area contributed by atoms with Crippen LogP contribution in [0.2, 0.25) is 0 Å². The monoisotopic (exact) mass is 428 g/mol. The predicted octanol–water partition coefficient (Wildman–Crippen LogP) is 3.39. The van der Waals surface area contributed by atoms with E-state index in [1.807, 2.05) is 60.5 Å². The fraction of sp³-hybridized carbons (Fsp3) is 0.280. The molecule has 2 atom stereocenters. The SMILES string of the molecule is CN(C)N1C(N)=C(C#N)[C@H](c2ccc3c(c2)OCO3)C2=C1C[C@H](c1ccccc1)CC2=O. The van der Waals surface area contributed by atoms with Gasteiger partial charge in [-0.3, -0.25) is 9.80 Å². The van der Waals surface area contributed by atoms with Crippen LogP contribution in [0.15, 0.2) is 71.2 Å². The Bertz CT molecular complexity index is 1190. The van der Waals surface area contributed by atoms with E-state index in [1.54, 1.807) is 0 Å².